The highest BCUT2D eigenvalue weighted by atomic mass is 32.1. The molecule has 0 bridgehead atoms. The van der Waals surface area contributed by atoms with E-state index in [2.05, 4.69) is 23.3 Å². The number of rotatable bonds is 4. The van der Waals surface area contributed by atoms with E-state index in [1.54, 1.807) is 0 Å². The third-order valence-corrected chi connectivity index (χ3v) is 5.24. The first-order chi connectivity index (χ1) is 8.63. The maximum Gasteiger partial charge on any atom is 0.0566 e. The summed E-state index contributed by atoms with van der Waals surface area (Å²) in [4.78, 5) is 3.89. The zero-order chi connectivity index (χ0) is 13.1. The molecular weight excluding hydrogens is 244 g/mol. The lowest BCUT2D eigenvalue weighted by molar-refractivity contribution is 0.0574. The van der Waals surface area contributed by atoms with Crippen LogP contribution in [0.25, 0.3) is 0 Å². The van der Waals surface area contributed by atoms with Crippen molar-refractivity contribution in [2.45, 2.75) is 38.8 Å². The van der Waals surface area contributed by atoms with E-state index >= 15 is 0 Å². The lowest BCUT2D eigenvalue weighted by Crippen LogP contribution is -2.41. The first-order valence-electron chi connectivity index (χ1n) is 6.79. The molecule has 2 atom stereocenters. The first kappa shape index (κ1) is 14.0. The average Bonchev–Trinajstić information content (AvgIpc) is 2.78. The van der Waals surface area contributed by atoms with Gasteiger partial charge in [0.1, 0.15) is 0 Å². The predicted octanol–water partition coefficient (Wildman–Crippen LogP) is 2.15. The number of nitrogens with two attached hydrogens (primary N) is 1. The molecule has 0 saturated carbocycles. The van der Waals surface area contributed by atoms with E-state index in [1.807, 2.05) is 18.3 Å². The molecule has 0 aliphatic carbocycles. The van der Waals surface area contributed by atoms with Gasteiger partial charge in [-0.25, -0.2) is 0 Å². The summed E-state index contributed by atoms with van der Waals surface area (Å²) in [7, 11) is 0. The van der Waals surface area contributed by atoms with Crippen LogP contribution in [0.15, 0.2) is 11.4 Å². The molecule has 102 valence electrons. The molecule has 2 rings (SSSR count). The van der Waals surface area contributed by atoms with Crippen LogP contribution in [0.2, 0.25) is 0 Å². The third-order valence-electron chi connectivity index (χ3n) is 4.12. The van der Waals surface area contributed by atoms with Crippen LogP contribution in [0.1, 0.15) is 36.2 Å². The number of piperidine rings is 1. The second-order valence-corrected chi connectivity index (χ2v) is 6.28. The van der Waals surface area contributed by atoms with Gasteiger partial charge in [0.2, 0.25) is 0 Å². The van der Waals surface area contributed by atoms with Gasteiger partial charge in [-0.1, -0.05) is 0 Å². The Morgan fingerprint density at radius 2 is 2.17 bits per heavy atom. The number of aliphatic hydroxyl groups excluding tert-OH is 1. The van der Waals surface area contributed by atoms with E-state index in [1.165, 1.54) is 10.4 Å². The van der Waals surface area contributed by atoms with Crippen molar-refractivity contribution in [1.82, 2.24) is 4.90 Å². The molecule has 2 unspecified atom stereocenters. The van der Waals surface area contributed by atoms with Crippen molar-refractivity contribution in [3.63, 3.8) is 0 Å². The summed E-state index contributed by atoms with van der Waals surface area (Å²) in [5.74, 6) is 0.462. The fraction of sp³-hybridized carbons (Fsp3) is 0.714. The first-order valence-corrected chi connectivity index (χ1v) is 7.67. The van der Waals surface area contributed by atoms with Crippen LogP contribution in [0.4, 0.5) is 0 Å². The third kappa shape index (κ3) is 2.94. The number of hydrogen-bond donors (Lipinski definition) is 2. The van der Waals surface area contributed by atoms with Gasteiger partial charge in [0, 0.05) is 11.4 Å². The van der Waals surface area contributed by atoms with Crippen molar-refractivity contribution in [2.24, 2.45) is 11.7 Å². The lowest BCUT2D eigenvalue weighted by atomic mass is 9.91. The monoisotopic (exact) mass is 268 g/mol. The van der Waals surface area contributed by atoms with Crippen LogP contribution >= 0.6 is 11.3 Å². The zero-order valence-electron chi connectivity index (χ0n) is 11.3. The molecule has 1 aromatic heterocycles. The topological polar surface area (TPSA) is 49.5 Å². The molecule has 3 nitrogen and oxygen atoms in total. The Balaban J connectivity index is 2.01. The minimum atomic E-state index is -0.174. The standard InChI is InChI=1S/C14H24N2OS/c1-10-5-8-18-14(10)13(9-15)16-6-3-12(4-7-16)11(2)17/h5,8,11-13,17H,3-4,6-7,9,15H2,1-2H3. The van der Waals surface area contributed by atoms with E-state index in [4.69, 9.17) is 5.73 Å². The molecule has 18 heavy (non-hydrogen) atoms. The van der Waals surface area contributed by atoms with Gasteiger partial charge in [-0.3, -0.25) is 4.90 Å². The van der Waals surface area contributed by atoms with Crippen LogP contribution in [-0.2, 0) is 0 Å². The molecule has 1 aliphatic rings. The van der Waals surface area contributed by atoms with Crippen LogP contribution < -0.4 is 5.73 Å². The summed E-state index contributed by atoms with van der Waals surface area (Å²) in [6, 6.07) is 2.53. The largest absolute Gasteiger partial charge is 0.393 e. The van der Waals surface area contributed by atoms with Crippen molar-refractivity contribution in [1.29, 1.82) is 0 Å². The Hall–Kier alpha value is -0.420. The van der Waals surface area contributed by atoms with E-state index in [0.717, 1.165) is 25.9 Å². The van der Waals surface area contributed by atoms with Gasteiger partial charge in [-0.05, 0) is 62.7 Å². The second-order valence-electron chi connectivity index (χ2n) is 5.33. The maximum absolute atomic E-state index is 9.65. The zero-order valence-corrected chi connectivity index (χ0v) is 12.1. The van der Waals surface area contributed by atoms with E-state index in [0.29, 0.717) is 18.5 Å². The highest BCUT2D eigenvalue weighted by molar-refractivity contribution is 7.10. The molecule has 2 heterocycles. The van der Waals surface area contributed by atoms with Gasteiger partial charge in [0.05, 0.1) is 12.1 Å². The Bertz CT molecular complexity index is 370. The van der Waals surface area contributed by atoms with Gasteiger partial charge >= 0.3 is 0 Å². The molecule has 1 saturated heterocycles. The molecule has 1 aliphatic heterocycles. The fourth-order valence-corrected chi connectivity index (χ4v) is 3.94. The van der Waals surface area contributed by atoms with E-state index in [-0.39, 0.29) is 6.10 Å². The smallest absolute Gasteiger partial charge is 0.0566 e. The second kappa shape index (κ2) is 6.15. The molecule has 1 fully saturated rings. The number of aryl methyl sites for hydroxylation is 1. The summed E-state index contributed by atoms with van der Waals surface area (Å²) >= 11 is 1.81. The normalized spacial score (nSPS) is 22.0. The average molecular weight is 268 g/mol. The Labute approximate surface area is 114 Å². The molecule has 0 radical (unpaired) electrons. The van der Waals surface area contributed by atoms with Crippen LogP contribution in [0.5, 0.6) is 0 Å². The quantitative estimate of drug-likeness (QED) is 0.879. The Morgan fingerprint density at radius 3 is 2.61 bits per heavy atom. The molecule has 1 aromatic rings. The Morgan fingerprint density at radius 1 is 1.50 bits per heavy atom. The SMILES string of the molecule is Cc1ccsc1C(CN)N1CCC(C(C)O)CC1. The maximum atomic E-state index is 9.65. The van der Waals surface area contributed by atoms with Crippen molar-refractivity contribution in [3.05, 3.63) is 21.9 Å². The molecule has 4 heteroatoms. The van der Waals surface area contributed by atoms with Gasteiger partial charge in [-0.15, -0.1) is 11.3 Å². The number of nitrogens with zero attached hydrogens (tertiary/aromatic N) is 1. The van der Waals surface area contributed by atoms with Crippen LogP contribution in [0, 0.1) is 12.8 Å². The van der Waals surface area contributed by atoms with Crippen molar-refractivity contribution < 1.29 is 5.11 Å². The summed E-state index contributed by atoms with van der Waals surface area (Å²) in [6.45, 7) is 6.85. The highest BCUT2D eigenvalue weighted by Gasteiger charge is 2.28. The van der Waals surface area contributed by atoms with Crippen molar-refractivity contribution in [2.75, 3.05) is 19.6 Å². The molecule has 0 amide bonds. The predicted molar refractivity (Wildman–Crippen MR) is 76.8 cm³/mol. The van der Waals surface area contributed by atoms with E-state index < -0.39 is 0 Å². The number of hydrogen-bond acceptors (Lipinski definition) is 4. The summed E-state index contributed by atoms with van der Waals surface area (Å²) < 4.78 is 0. The van der Waals surface area contributed by atoms with Crippen molar-refractivity contribution >= 4 is 11.3 Å². The van der Waals surface area contributed by atoms with Crippen molar-refractivity contribution in [3.8, 4) is 0 Å². The van der Waals surface area contributed by atoms with E-state index in [9.17, 15) is 5.11 Å². The van der Waals surface area contributed by atoms with Gasteiger partial charge < -0.3 is 10.8 Å². The summed E-state index contributed by atoms with van der Waals surface area (Å²) in [6.07, 6.45) is 1.99. The molecule has 0 aromatic carbocycles. The molecule has 0 spiro atoms. The van der Waals surface area contributed by atoms with Crippen LogP contribution in [0.3, 0.4) is 0 Å². The number of aliphatic hydroxyl groups is 1. The highest BCUT2D eigenvalue weighted by Crippen LogP contribution is 2.31. The minimum absolute atomic E-state index is 0.174. The number of thiophene rings is 1. The molecular formula is C14H24N2OS. The summed E-state index contributed by atoms with van der Waals surface area (Å²) in [5.41, 5.74) is 7.33. The summed E-state index contributed by atoms with van der Waals surface area (Å²) in [5, 5.41) is 11.8. The fourth-order valence-electron chi connectivity index (χ4n) is 2.86. The van der Waals surface area contributed by atoms with Crippen LogP contribution in [-0.4, -0.2) is 35.7 Å². The lowest BCUT2D eigenvalue weighted by Gasteiger charge is -2.38. The number of likely N-dealkylation sites (tertiary alicyclic amines) is 1. The minimum Gasteiger partial charge on any atom is -0.393 e. The molecule has 3 N–H and O–H groups in total. The Kier molecular flexibility index (Phi) is 4.78. The van der Waals surface area contributed by atoms with Gasteiger partial charge in [0.15, 0.2) is 0 Å². The van der Waals surface area contributed by atoms with Gasteiger partial charge in [-0.2, -0.15) is 0 Å². The van der Waals surface area contributed by atoms with Gasteiger partial charge in [0.25, 0.3) is 0 Å².